The summed E-state index contributed by atoms with van der Waals surface area (Å²) in [5, 5.41) is 10.5. The summed E-state index contributed by atoms with van der Waals surface area (Å²) in [7, 11) is 0. The van der Waals surface area contributed by atoms with Crippen molar-refractivity contribution in [1.29, 1.82) is 0 Å². The molecule has 0 aromatic heterocycles. The van der Waals surface area contributed by atoms with Crippen LogP contribution in [0.25, 0.3) is 0 Å². The first-order valence-electron chi connectivity index (χ1n) is 8.59. The van der Waals surface area contributed by atoms with E-state index in [0.29, 0.717) is 31.5 Å². The fourth-order valence-electron chi connectivity index (χ4n) is 3.37. The van der Waals surface area contributed by atoms with E-state index in [1.807, 2.05) is 30.3 Å². The summed E-state index contributed by atoms with van der Waals surface area (Å²) in [6, 6.07) is 14.6. The first kappa shape index (κ1) is 20.4. The second kappa shape index (κ2) is 9.12. The molecule has 0 aliphatic carbocycles. The number of aliphatic hydroxyl groups excluding tert-OH is 1. The zero-order valence-corrected chi connectivity index (χ0v) is 15.2. The van der Waals surface area contributed by atoms with Crippen LogP contribution in [0, 0.1) is 11.7 Å². The molecule has 26 heavy (non-hydrogen) atoms. The highest BCUT2D eigenvalue weighted by Gasteiger charge is 2.30. The Labute approximate surface area is 159 Å². The minimum Gasteiger partial charge on any atom is -0.388 e. The van der Waals surface area contributed by atoms with E-state index in [0.717, 1.165) is 5.56 Å². The molecule has 2 aromatic rings. The van der Waals surface area contributed by atoms with Gasteiger partial charge in [-0.3, -0.25) is 4.79 Å². The Morgan fingerprint density at radius 2 is 1.62 bits per heavy atom. The summed E-state index contributed by atoms with van der Waals surface area (Å²) in [5.41, 5.74) is 7.61. The molecular formula is C20H24ClFN2O2. The number of benzene rings is 2. The van der Waals surface area contributed by atoms with Crippen LogP contribution in [0.3, 0.4) is 0 Å². The first-order chi connectivity index (χ1) is 12.1. The normalized spacial score (nSPS) is 17.3. The molecule has 2 unspecified atom stereocenters. The predicted molar refractivity (Wildman–Crippen MR) is 101 cm³/mol. The molecular weight excluding hydrogens is 355 g/mol. The van der Waals surface area contributed by atoms with Crippen LogP contribution in [-0.4, -0.2) is 29.0 Å². The van der Waals surface area contributed by atoms with Crippen LogP contribution in [0.15, 0.2) is 54.6 Å². The van der Waals surface area contributed by atoms with Gasteiger partial charge in [0.15, 0.2) is 0 Å². The summed E-state index contributed by atoms with van der Waals surface area (Å²) < 4.78 is 13.0. The number of carbonyl (C=O) groups excluding carboxylic acids is 1. The van der Waals surface area contributed by atoms with E-state index in [2.05, 4.69) is 0 Å². The van der Waals surface area contributed by atoms with Crippen molar-refractivity contribution < 1.29 is 14.3 Å². The van der Waals surface area contributed by atoms with Gasteiger partial charge in [0, 0.05) is 13.1 Å². The molecule has 1 saturated heterocycles. The second-order valence-corrected chi connectivity index (χ2v) is 6.55. The number of piperidine rings is 1. The number of hydrogen-bond acceptors (Lipinski definition) is 3. The number of hydrogen-bond donors (Lipinski definition) is 2. The zero-order chi connectivity index (χ0) is 17.8. The topological polar surface area (TPSA) is 66.6 Å². The van der Waals surface area contributed by atoms with Crippen molar-refractivity contribution >= 4 is 18.3 Å². The minimum atomic E-state index is -0.653. The summed E-state index contributed by atoms with van der Waals surface area (Å²) in [6.45, 7) is 1.14. The van der Waals surface area contributed by atoms with Crippen molar-refractivity contribution in [3.05, 3.63) is 71.5 Å². The highest BCUT2D eigenvalue weighted by molar-refractivity contribution is 5.85. The van der Waals surface area contributed by atoms with Crippen LogP contribution in [-0.2, 0) is 4.79 Å². The SMILES string of the molecule is Cl.NC(C(=O)N1CCC(C(O)c2ccc(F)cc2)CC1)c1ccccc1. The van der Waals surface area contributed by atoms with Crippen LogP contribution >= 0.6 is 12.4 Å². The molecule has 3 rings (SSSR count). The van der Waals surface area contributed by atoms with E-state index in [9.17, 15) is 14.3 Å². The molecule has 0 radical (unpaired) electrons. The Morgan fingerprint density at radius 3 is 2.19 bits per heavy atom. The highest BCUT2D eigenvalue weighted by atomic mass is 35.5. The number of aliphatic hydroxyl groups is 1. The number of rotatable bonds is 4. The van der Waals surface area contributed by atoms with Crippen LogP contribution in [0.2, 0.25) is 0 Å². The van der Waals surface area contributed by atoms with Gasteiger partial charge in [-0.15, -0.1) is 12.4 Å². The van der Waals surface area contributed by atoms with Gasteiger partial charge in [0.1, 0.15) is 11.9 Å². The van der Waals surface area contributed by atoms with Gasteiger partial charge in [0.25, 0.3) is 0 Å². The lowest BCUT2D eigenvalue weighted by Gasteiger charge is -2.35. The number of halogens is 2. The lowest BCUT2D eigenvalue weighted by atomic mass is 9.87. The number of nitrogens with zero attached hydrogens (tertiary/aromatic N) is 1. The van der Waals surface area contributed by atoms with Crippen molar-refractivity contribution in [2.45, 2.75) is 25.0 Å². The van der Waals surface area contributed by atoms with Crippen LogP contribution < -0.4 is 5.73 Å². The number of carbonyl (C=O) groups is 1. The molecule has 140 valence electrons. The predicted octanol–water partition coefficient (Wildman–Crippen LogP) is 3.22. The first-order valence-corrected chi connectivity index (χ1v) is 8.59. The quantitative estimate of drug-likeness (QED) is 0.858. The lowest BCUT2D eigenvalue weighted by Crippen LogP contribution is -2.44. The number of nitrogens with two attached hydrogens (primary N) is 1. The van der Waals surface area contributed by atoms with Crippen molar-refractivity contribution in [3.63, 3.8) is 0 Å². The fourth-order valence-corrected chi connectivity index (χ4v) is 3.37. The third kappa shape index (κ3) is 4.61. The van der Waals surface area contributed by atoms with Crippen LogP contribution in [0.4, 0.5) is 4.39 Å². The Kier molecular flexibility index (Phi) is 7.14. The third-order valence-electron chi connectivity index (χ3n) is 4.93. The summed E-state index contributed by atoms with van der Waals surface area (Å²) in [4.78, 5) is 14.3. The van der Waals surface area contributed by atoms with Crippen molar-refractivity contribution in [2.75, 3.05) is 13.1 Å². The molecule has 0 spiro atoms. The maximum atomic E-state index is 13.0. The Morgan fingerprint density at radius 1 is 1.04 bits per heavy atom. The van der Waals surface area contributed by atoms with E-state index in [-0.39, 0.29) is 30.0 Å². The molecule has 1 aliphatic rings. The minimum absolute atomic E-state index is 0. The maximum Gasteiger partial charge on any atom is 0.244 e. The molecule has 3 N–H and O–H groups in total. The second-order valence-electron chi connectivity index (χ2n) is 6.55. The van der Waals surface area contributed by atoms with Gasteiger partial charge in [-0.1, -0.05) is 42.5 Å². The molecule has 1 amide bonds. The molecule has 2 atom stereocenters. The van der Waals surface area contributed by atoms with E-state index >= 15 is 0 Å². The van der Waals surface area contributed by atoms with Gasteiger partial charge < -0.3 is 15.7 Å². The summed E-state index contributed by atoms with van der Waals surface area (Å²) in [5.74, 6) is -0.338. The van der Waals surface area contributed by atoms with E-state index < -0.39 is 12.1 Å². The molecule has 1 heterocycles. The third-order valence-corrected chi connectivity index (χ3v) is 4.93. The molecule has 6 heteroatoms. The van der Waals surface area contributed by atoms with E-state index in [4.69, 9.17) is 5.73 Å². The van der Waals surface area contributed by atoms with Gasteiger partial charge >= 0.3 is 0 Å². The van der Waals surface area contributed by atoms with Gasteiger partial charge in [-0.05, 0) is 42.0 Å². The van der Waals surface area contributed by atoms with E-state index in [1.165, 1.54) is 12.1 Å². The molecule has 0 saturated carbocycles. The average molecular weight is 379 g/mol. The molecule has 1 fully saturated rings. The van der Waals surface area contributed by atoms with Crippen LogP contribution in [0.5, 0.6) is 0 Å². The molecule has 0 bridgehead atoms. The zero-order valence-electron chi connectivity index (χ0n) is 14.4. The fraction of sp³-hybridized carbons (Fsp3) is 0.350. The summed E-state index contributed by atoms with van der Waals surface area (Å²) in [6.07, 6.45) is 0.762. The smallest absolute Gasteiger partial charge is 0.244 e. The van der Waals surface area contributed by atoms with Crippen molar-refractivity contribution in [2.24, 2.45) is 11.7 Å². The monoisotopic (exact) mass is 378 g/mol. The largest absolute Gasteiger partial charge is 0.388 e. The van der Waals surface area contributed by atoms with Crippen molar-refractivity contribution in [3.8, 4) is 0 Å². The highest BCUT2D eigenvalue weighted by Crippen LogP contribution is 2.31. The Hall–Kier alpha value is -1.95. The Bertz CT molecular complexity index is 704. The Balaban J connectivity index is 0.00000243. The number of likely N-dealkylation sites (tertiary alicyclic amines) is 1. The lowest BCUT2D eigenvalue weighted by molar-refractivity contribution is -0.134. The molecule has 4 nitrogen and oxygen atoms in total. The van der Waals surface area contributed by atoms with Gasteiger partial charge in [-0.2, -0.15) is 0 Å². The van der Waals surface area contributed by atoms with Gasteiger partial charge in [-0.25, -0.2) is 4.39 Å². The van der Waals surface area contributed by atoms with Crippen molar-refractivity contribution in [1.82, 2.24) is 4.90 Å². The average Bonchev–Trinajstić information content (AvgIpc) is 2.67. The van der Waals surface area contributed by atoms with Gasteiger partial charge in [0.2, 0.25) is 5.91 Å². The molecule has 2 aromatic carbocycles. The standard InChI is InChI=1S/C20H23FN2O2.ClH/c21-17-8-6-15(7-9-17)19(24)16-10-12-23(13-11-16)20(25)18(22)14-4-2-1-3-5-14;/h1-9,16,18-19,24H,10-13,22H2;1H. The maximum absolute atomic E-state index is 13.0. The van der Waals surface area contributed by atoms with E-state index in [1.54, 1.807) is 17.0 Å². The summed E-state index contributed by atoms with van der Waals surface area (Å²) >= 11 is 0. The van der Waals surface area contributed by atoms with Crippen LogP contribution in [0.1, 0.15) is 36.1 Å². The van der Waals surface area contributed by atoms with Gasteiger partial charge in [0.05, 0.1) is 6.10 Å². The molecule has 1 aliphatic heterocycles. The number of amides is 1.